The molecule has 3 rings (SSSR count). The van der Waals surface area contributed by atoms with Crippen LogP contribution in [0.3, 0.4) is 0 Å². The third-order valence-electron chi connectivity index (χ3n) is 5.85. The van der Waals surface area contributed by atoms with Gasteiger partial charge in [-0.15, -0.1) is 0 Å². The highest BCUT2D eigenvalue weighted by Gasteiger charge is 2.37. The zero-order valence-electron chi connectivity index (χ0n) is 13.5. The molecule has 3 aliphatic rings. The van der Waals surface area contributed by atoms with Crippen LogP contribution in [-0.2, 0) is 9.59 Å². The molecule has 5 heteroatoms. The Morgan fingerprint density at radius 3 is 2.09 bits per heavy atom. The van der Waals surface area contributed by atoms with Crippen molar-refractivity contribution < 1.29 is 9.59 Å². The molecule has 0 aromatic carbocycles. The van der Waals surface area contributed by atoms with Crippen LogP contribution in [0.2, 0.25) is 0 Å². The van der Waals surface area contributed by atoms with Gasteiger partial charge in [0.25, 0.3) is 0 Å². The summed E-state index contributed by atoms with van der Waals surface area (Å²) in [6.07, 6.45) is 7.17. The maximum Gasteiger partial charge on any atom is 0.226 e. The van der Waals surface area contributed by atoms with E-state index in [-0.39, 0.29) is 11.8 Å². The standard InChI is InChI=1S/C17H29N3O2/c18-12-14-4-3-5-15(14)17(22)20-10-6-13(7-11-20)16(21)19-8-1-2-9-19/h13-15H,1-12,18H2/t14-,15-/m1/s1. The summed E-state index contributed by atoms with van der Waals surface area (Å²) in [5.74, 6) is 1.26. The predicted octanol–water partition coefficient (Wildman–Crippen LogP) is 1.22. The van der Waals surface area contributed by atoms with Gasteiger partial charge in [-0.1, -0.05) is 6.42 Å². The van der Waals surface area contributed by atoms with E-state index in [0.29, 0.717) is 24.3 Å². The first-order chi connectivity index (χ1) is 10.7. The van der Waals surface area contributed by atoms with E-state index in [4.69, 9.17) is 5.73 Å². The van der Waals surface area contributed by atoms with Crippen LogP contribution in [0.4, 0.5) is 0 Å². The molecule has 124 valence electrons. The molecule has 0 aromatic rings. The van der Waals surface area contributed by atoms with E-state index in [0.717, 1.165) is 71.1 Å². The van der Waals surface area contributed by atoms with Gasteiger partial charge in [0.05, 0.1) is 0 Å². The van der Waals surface area contributed by atoms with E-state index in [2.05, 4.69) is 0 Å². The molecule has 0 spiro atoms. The molecule has 5 nitrogen and oxygen atoms in total. The lowest BCUT2D eigenvalue weighted by Gasteiger charge is -2.35. The Labute approximate surface area is 133 Å². The lowest BCUT2D eigenvalue weighted by molar-refractivity contribution is -0.142. The number of piperidine rings is 1. The summed E-state index contributed by atoms with van der Waals surface area (Å²) in [5, 5.41) is 0. The minimum atomic E-state index is 0.135. The second-order valence-corrected chi connectivity index (χ2v) is 7.17. The molecule has 1 aliphatic carbocycles. The fraction of sp³-hybridized carbons (Fsp3) is 0.882. The molecule has 2 heterocycles. The van der Waals surface area contributed by atoms with Crippen molar-refractivity contribution >= 4 is 11.8 Å². The number of likely N-dealkylation sites (tertiary alicyclic amines) is 2. The van der Waals surface area contributed by atoms with E-state index >= 15 is 0 Å². The van der Waals surface area contributed by atoms with Crippen molar-refractivity contribution in [2.24, 2.45) is 23.5 Å². The number of nitrogens with zero attached hydrogens (tertiary/aromatic N) is 2. The molecular formula is C17H29N3O2. The Hall–Kier alpha value is -1.10. The van der Waals surface area contributed by atoms with Crippen molar-refractivity contribution in [3.05, 3.63) is 0 Å². The first-order valence-electron chi connectivity index (χ1n) is 8.98. The third-order valence-corrected chi connectivity index (χ3v) is 5.85. The van der Waals surface area contributed by atoms with Crippen LogP contribution in [0.25, 0.3) is 0 Å². The van der Waals surface area contributed by atoms with Gasteiger partial charge in [-0.3, -0.25) is 9.59 Å². The SMILES string of the molecule is NC[C@H]1CCC[C@H]1C(=O)N1CCC(C(=O)N2CCCC2)CC1. The molecule has 0 aromatic heterocycles. The van der Waals surface area contributed by atoms with E-state index in [1.807, 2.05) is 9.80 Å². The van der Waals surface area contributed by atoms with E-state index < -0.39 is 0 Å². The normalized spacial score (nSPS) is 30.0. The molecule has 2 saturated heterocycles. The maximum absolute atomic E-state index is 12.7. The van der Waals surface area contributed by atoms with Gasteiger partial charge in [0.2, 0.25) is 11.8 Å². The highest BCUT2D eigenvalue weighted by atomic mass is 16.2. The Morgan fingerprint density at radius 1 is 0.818 bits per heavy atom. The summed E-state index contributed by atoms with van der Waals surface area (Å²) in [5.41, 5.74) is 5.80. The lowest BCUT2D eigenvalue weighted by atomic mass is 9.91. The number of nitrogens with two attached hydrogens (primary N) is 1. The fourth-order valence-corrected chi connectivity index (χ4v) is 4.42. The fourth-order valence-electron chi connectivity index (χ4n) is 4.42. The van der Waals surface area contributed by atoms with Crippen molar-refractivity contribution in [2.45, 2.75) is 44.9 Å². The van der Waals surface area contributed by atoms with Crippen LogP contribution in [0.1, 0.15) is 44.9 Å². The Morgan fingerprint density at radius 2 is 1.45 bits per heavy atom. The van der Waals surface area contributed by atoms with E-state index in [1.54, 1.807) is 0 Å². The van der Waals surface area contributed by atoms with Crippen molar-refractivity contribution in [3.63, 3.8) is 0 Å². The van der Waals surface area contributed by atoms with Gasteiger partial charge in [-0.2, -0.15) is 0 Å². The monoisotopic (exact) mass is 307 g/mol. The Kier molecular flexibility index (Phi) is 5.01. The number of carbonyl (C=O) groups excluding carboxylic acids is 2. The topological polar surface area (TPSA) is 66.6 Å². The zero-order valence-corrected chi connectivity index (χ0v) is 13.5. The quantitative estimate of drug-likeness (QED) is 0.852. The van der Waals surface area contributed by atoms with Crippen molar-refractivity contribution in [1.29, 1.82) is 0 Å². The van der Waals surface area contributed by atoms with Gasteiger partial charge in [0.1, 0.15) is 0 Å². The van der Waals surface area contributed by atoms with Crippen LogP contribution < -0.4 is 5.73 Å². The van der Waals surface area contributed by atoms with Gasteiger partial charge in [-0.05, 0) is 51.0 Å². The van der Waals surface area contributed by atoms with Gasteiger partial charge in [-0.25, -0.2) is 0 Å². The minimum absolute atomic E-state index is 0.135. The second kappa shape index (κ2) is 6.99. The molecule has 3 fully saturated rings. The summed E-state index contributed by atoms with van der Waals surface area (Å²) in [4.78, 5) is 29.1. The van der Waals surface area contributed by atoms with Gasteiger partial charge < -0.3 is 15.5 Å². The molecule has 0 unspecified atom stereocenters. The highest BCUT2D eigenvalue weighted by molar-refractivity contribution is 5.81. The molecule has 1 saturated carbocycles. The van der Waals surface area contributed by atoms with Crippen LogP contribution in [0.5, 0.6) is 0 Å². The first kappa shape index (κ1) is 15.8. The summed E-state index contributed by atoms with van der Waals surface area (Å²) >= 11 is 0. The van der Waals surface area contributed by atoms with E-state index in [1.165, 1.54) is 0 Å². The minimum Gasteiger partial charge on any atom is -0.342 e. The van der Waals surface area contributed by atoms with Gasteiger partial charge >= 0.3 is 0 Å². The molecule has 2 atom stereocenters. The van der Waals surface area contributed by atoms with Crippen LogP contribution >= 0.6 is 0 Å². The summed E-state index contributed by atoms with van der Waals surface area (Å²) in [6, 6.07) is 0. The largest absolute Gasteiger partial charge is 0.342 e. The Balaban J connectivity index is 1.50. The lowest BCUT2D eigenvalue weighted by Crippen LogP contribution is -2.46. The van der Waals surface area contributed by atoms with Crippen LogP contribution in [-0.4, -0.2) is 54.3 Å². The number of hydrogen-bond acceptors (Lipinski definition) is 3. The average Bonchev–Trinajstić information content (AvgIpc) is 3.24. The number of rotatable bonds is 3. The predicted molar refractivity (Wildman–Crippen MR) is 85.0 cm³/mol. The third kappa shape index (κ3) is 3.14. The average molecular weight is 307 g/mol. The molecule has 2 N–H and O–H groups in total. The van der Waals surface area contributed by atoms with E-state index in [9.17, 15) is 9.59 Å². The molecular weight excluding hydrogens is 278 g/mol. The number of amides is 2. The van der Waals surface area contributed by atoms with Crippen molar-refractivity contribution in [1.82, 2.24) is 9.80 Å². The number of carbonyl (C=O) groups is 2. The number of hydrogen-bond donors (Lipinski definition) is 1. The summed E-state index contributed by atoms with van der Waals surface area (Å²) < 4.78 is 0. The zero-order chi connectivity index (χ0) is 15.5. The smallest absolute Gasteiger partial charge is 0.226 e. The van der Waals surface area contributed by atoms with Gasteiger partial charge in [0, 0.05) is 38.0 Å². The summed E-state index contributed by atoms with van der Waals surface area (Å²) in [7, 11) is 0. The van der Waals surface area contributed by atoms with Crippen molar-refractivity contribution in [3.8, 4) is 0 Å². The molecule has 22 heavy (non-hydrogen) atoms. The molecule has 0 radical (unpaired) electrons. The van der Waals surface area contributed by atoms with Crippen LogP contribution in [0.15, 0.2) is 0 Å². The van der Waals surface area contributed by atoms with Crippen molar-refractivity contribution in [2.75, 3.05) is 32.7 Å². The first-order valence-corrected chi connectivity index (χ1v) is 8.98. The molecule has 2 amide bonds. The Bertz CT molecular complexity index is 412. The molecule has 2 aliphatic heterocycles. The summed E-state index contributed by atoms with van der Waals surface area (Å²) in [6.45, 7) is 3.98. The second-order valence-electron chi connectivity index (χ2n) is 7.17. The highest BCUT2D eigenvalue weighted by Crippen LogP contribution is 2.33. The maximum atomic E-state index is 12.7. The van der Waals surface area contributed by atoms with Crippen LogP contribution in [0, 0.1) is 17.8 Å². The molecule has 0 bridgehead atoms. The van der Waals surface area contributed by atoms with Gasteiger partial charge in [0.15, 0.2) is 0 Å².